The van der Waals surface area contributed by atoms with Crippen molar-refractivity contribution in [2.24, 2.45) is 0 Å². The Morgan fingerprint density at radius 2 is 1.41 bits per heavy atom. The number of aryl methyl sites for hydroxylation is 1. The van der Waals surface area contributed by atoms with E-state index in [1.54, 1.807) is 18.2 Å². The van der Waals surface area contributed by atoms with Crippen molar-refractivity contribution >= 4 is 9.84 Å². The first-order valence-corrected chi connectivity index (χ1v) is 11.1. The summed E-state index contributed by atoms with van der Waals surface area (Å²) in [7, 11) is -3.35. The van der Waals surface area contributed by atoms with Crippen LogP contribution in [0.3, 0.4) is 0 Å². The van der Waals surface area contributed by atoms with Crippen molar-refractivity contribution in [3.63, 3.8) is 0 Å². The van der Waals surface area contributed by atoms with Gasteiger partial charge in [-0.25, -0.2) is 17.2 Å². The zero-order chi connectivity index (χ0) is 21.2. The van der Waals surface area contributed by atoms with Crippen LogP contribution in [0.4, 0.5) is 8.78 Å². The Labute approximate surface area is 169 Å². The molecule has 3 rings (SSSR count). The number of sulfone groups is 1. The molecule has 0 heterocycles. The Hall–Kier alpha value is -2.73. The molecule has 0 aliphatic heterocycles. The van der Waals surface area contributed by atoms with Gasteiger partial charge < -0.3 is 4.74 Å². The van der Waals surface area contributed by atoms with Crippen LogP contribution in [0, 0.1) is 18.6 Å². The first kappa shape index (κ1) is 21.0. The average Bonchev–Trinajstić information content (AvgIpc) is 2.68. The Balaban J connectivity index is 2.11. The van der Waals surface area contributed by atoms with Crippen molar-refractivity contribution in [3.05, 3.63) is 71.8 Å². The van der Waals surface area contributed by atoms with Crippen LogP contribution in [0.15, 0.2) is 59.5 Å². The molecular formula is C23H22F2O3S. The molecule has 0 N–H and O–H groups in total. The molecule has 0 fully saturated rings. The van der Waals surface area contributed by atoms with Crippen molar-refractivity contribution in [2.75, 3.05) is 12.9 Å². The maximum absolute atomic E-state index is 14.0. The monoisotopic (exact) mass is 416 g/mol. The summed E-state index contributed by atoms with van der Waals surface area (Å²) in [5, 5.41) is 0. The molecule has 3 aromatic carbocycles. The first-order valence-electron chi connectivity index (χ1n) is 9.24. The third-order valence-corrected chi connectivity index (χ3v) is 5.73. The summed E-state index contributed by atoms with van der Waals surface area (Å²) in [5.41, 5.74) is 3.19. The van der Waals surface area contributed by atoms with Crippen LogP contribution in [0.5, 0.6) is 5.75 Å². The van der Waals surface area contributed by atoms with E-state index in [0.717, 1.165) is 36.1 Å². The van der Waals surface area contributed by atoms with Crippen LogP contribution in [0.2, 0.25) is 0 Å². The Bertz CT molecular complexity index is 1140. The lowest BCUT2D eigenvalue weighted by Gasteiger charge is -2.14. The van der Waals surface area contributed by atoms with Crippen molar-refractivity contribution < 1.29 is 21.9 Å². The molecular weight excluding hydrogens is 394 g/mol. The molecule has 0 aliphatic rings. The highest BCUT2D eigenvalue weighted by Crippen LogP contribution is 2.36. The lowest BCUT2D eigenvalue weighted by molar-refractivity contribution is 0.315. The second-order valence-corrected chi connectivity index (χ2v) is 8.95. The Morgan fingerprint density at radius 1 is 0.862 bits per heavy atom. The van der Waals surface area contributed by atoms with E-state index in [0.29, 0.717) is 28.9 Å². The standard InChI is InChI=1S/C23H22F2O3S/c1-4-11-28-23-10-7-17(12-15(23)2)20-14-22(25)21(24)13-19(20)16-5-8-18(9-6-16)29(3,26)27/h5-10,12-14H,4,11H2,1-3H3. The third-order valence-electron chi connectivity index (χ3n) is 4.60. The topological polar surface area (TPSA) is 43.4 Å². The highest BCUT2D eigenvalue weighted by atomic mass is 32.2. The second kappa shape index (κ2) is 8.33. The van der Waals surface area contributed by atoms with Crippen LogP contribution in [-0.2, 0) is 9.84 Å². The van der Waals surface area contributed by atoms with Gasteiger partial charge >= 0.3 is 0 Å². The smallest absolute Gasteiger partial charge is 0.175 e. The van der Waals surface area contributed by atoms with E-state index in [2.05, 4.69) is 0 Å². The van der Waals surface area contributed by atoms with Crippen LogP contribution >= 0.6 is 0 Å². The van der Waals surface area contributed by atoms with Gasteiger partial charge in [-0.05, 0) is 77.6 Å². The van der Waals surface area contributed by atoms with Crippen LogP contribution < -0.4 is 4.74 Å². The predicted molar refractivity (Wildman–Crippen MR) is 111 cm³/mol. The van der Waals surface area contributed by atoms with Gasteiger partial charge in [0.2, 0.25) is 0 Å². The number of ether oxygens (including phenoxy) is 1. The molecule has 0 amide bonds. The number of hydrogen-bond donors (Lipinski definition) is 0. The largest absolute Gasteiger partial charge is 0.493 e. The minimum absolute atomic E-state index is 0.165. The maximum Gasteiger partial charge on any atom is 0.175 e. The van der Waals surface area contributed by atoms with Gasteiger partial charge in [-0.1, -0.05) is 25.1 Å². The summed E-state index contributed by atoms with van der Waals surface area (Å²) in [5.74, 6) is -1.16. The molecule has 0 aliphatic carbocycles. The molecule has 3 nitrogen and oxygen atoms in total. The van der Waals surface area contributed by atoms with Crippen LogP contribution in [0.25, 0.3) is 22.3 Å². The van der Waals surface area contributed by atoms with Crippen molar-refractivity contribution in [3.8, 4) is 28.0 Å². The molecule has 0 saturated carbocycles. The van der Waals surface area contributed by atoms with Gasteiger partial charge in [-0.3, -0.25) is 0 Å². The number of halogens is 2. The van der Waals surface area contributed by atoms with E-state index in [1.165, 1.54) is 12.1 Å². The molecule has 6 heteroatoms. The molecule has 29 heavy (non-hydrogen) atoms. The summed E-state index contributed by atoms with van der Waals surface area (Å²) in [6.45, 7) is 4.52. The lowest BCUT2D eigenvalue weighted by atomic mass is 9.93. The van der Waals surface area contributed by atoms with Gasteiger partial charge in [0.05, 0.1) is 11.5 Å². The molecule has 0 saturated heterocycles. The quantitative estimate of drug-likeness (QED) is 0.510. The molecule has 152 valence electrons. The van der Waals surface area contributed by atoms with Gasteiger partial charge in [-0.2, -0.15) is 0 Å². The number of benzene rings is 3. The number of rotatable bonds is 6. The fraction of sp³-hybridized carbons (Fsp3) is 0.217. The molecule has 0 unspecified atom stereocenters. The highest BCUT2D eigenvalue weighted by molar-refractivity contribution is 7.90. The van der Waals surface area contributed by atoms with Gasteiger partial charge in [0.1, 0.15) is 5.75 Å². The van der Waals surface area contributed by atoms with Crippen molar-refractivity contribution in [1.29, 1.82) is 0 Å². The summed E-state index contributed by atoms with van der Waals surface area (Å²) in [6.07, 6.45) is 2.01. The van der Waals surface area contributed by atoms with E-state index in [-0.39, 0.29) is 4.90 Å². The summed E-state index contributed by atoms with van der Waals surface area (Å²) in [4.78, 5) is 0.165. The average molecular weight is 416 g/mol. The fourth-order valence-corrected chi connectivity index (χ4v) is 3.73. The Morgan fingerprint density at radius 3 is 1.93 bits per heavy atom. The normalized spacial score (nSPS) is 11.5. The summed E-state index contributed by atoms with van der Waals surface area (Å²) < 4.78 is 57.1. The van der Waals surface area contributed by atoms with Gasteiger partial charge in [0.15, 0.2) is 21.5 Å². The maximum atomic E-state index is 14.0. The van der Waals surface area contributed by atoms with E-state index in [1.807, 2.05) is 26.0 Å². The summed E-state index contributed by atoms with van der Waals surface area (Å²) in [6, 6.07) is 13.9. The van der Waals surface area contributed by atoms with Crippen LogP contribution in [-0.4, -0.2) is 21.3 Å². The van der Waals surface area contributed by atoms with Crippen LogP contribution in [0.1, 0.15) is 18.9 Å². The minimum atomic E-state index is -3.35. The first-order chi connectivity index (χ1) is 13.7. The molecule has 3 aromatic rings. The molecule has 0 radical (unpaired) electrons. The lowest BCUT2D eigenvalue weighted by Crippen LogP contribution is -1.98. The van der Waals surface area contributed by atoms with Gasteiger partial charge in [0, 0.05) is 6.26 Å². The molecule has 0 bridgehead atoms. The van der Waals surface area contributed by atoms with Crippen molar-refractivity contribution in [2.45, 2.75) is 25.2 Å². The zero-order valence-corrected chi connectivity index (χ0v) is 17.3. The highest BCUT2D eigenvalue weighted by Gasteiger charge is 2.15. The third kappa shape index (κ3) is 4.65. The second-order valence-electron chi connectivity index (χ2n) is 6.94. The predicted octanol–water partition coefficient (Wildman–Crippen LogP) is 5.80. The van der Waals surface area contributed by atoms with E-state index in [4.69, 9.17) is 4.74 Å². The van der Waals surface area contributed by atoms with Gasteiger partial charge in [0.25, 0.3) is 0 Å². The van der Waals surface area contributed by atoms with E-state index < -0.39 is 21.5 Å². The molecule has 0 aromatic heterocycles. The van der Waals surface area contributed by atoms with Gasteiger partial charge in [-0.15, -0.1) is 0 Å². The fourth-order valence-electron chi connectivity index (χ4n) is 3.10. The van der Waals surface area contributed by atoms with Crippen molar-refractivity contribution in [1.82, 2.24) is 0 Å². The SMILES string of the molecule is CCCOc1ccc(-c2cc(F)c(F)cc2-c2ccc(S(C)(=O)=O)cc2)cc1C. The molecule has 0 spiro atoms. The minimum Gasteiger partial charge on any atom is -0.493 e. The Kier molecular flexibility index (Phi) is 6.03. The zero-order valence-electron chi connectivity index (χ0n) is 16.5. The van der Waals surface area contributed by atoms with E-state index >= 15 is 0 Å². The summed E-state index contributed by atoms with van der Waals surface area (Å²) >= 11 is 0. The molecule has 0 atom stereocenters. The van der Waals surface area contributed by atoms with E-state index in [9.17, 15) is 17.2 Å². The number of hydrogen-bond acceptors (Lipinski definition) is 3.